The Kier molecular flexibility index (Phi) is 4.60. The molecule has 0 aliphatic carbocycles. The van der Waals surface area contributed by atoms with Gasteiger partial charge in [-0.3, -0.25) is 4.79 Å². The van der Waals surface area contributed by atoms with Gasteiger partial charge in [0.15, 0.2) is 5.13 Å². The Morgan fingerprint density at radius 1 is 1.47 bits per heavy atom. The van der Waals surface area contributed by atoms with Gasteiger partial charge < -0.3 is 20.6 Å². The molecule has 2 rings (SSSR count). The highest BCUT2D eigenvalue weighted by Gasteiger charge is 2.22. The van der Waals surface area contributed by atoms with Gasteiger partial charge in [0.2, 0.25) is 0 Å². The SMILES string of the molecule is CN(CCO)C(=O)c1sc(N2CCCCC2)nc1N. The lowest BCUT2D eigenvalue weighted by Crippen LogP contribution is -2.29. The Bertz CT molecular complexity index is 443. The number of anilines is 2. The van der Waals surface area contributed by atoms with Crippen LogP contribution in [0.15, 0.2) is 0 Å². The van der Waals surface area contributed by atoms with Crippen molar-refractivity contribution in [1.82, 2.24) is 9.88 Å². The van der Waals surface area contributed by atoms with Crippen molar-refractivity contribution in [2.45, 2.75) is 19.3 Å². The highest BCUT2D eigenvalue weighted by atomic mass is 32.1. The number of nitrogens with zero attached hydrogens (tertiary/aromatic N) is 3. The molecule has 1 aromatic rings. The van der Waals surface area contributed by atoms with Gasteiger partial charge in [0.1, 0.15) is 10.7 Å². The third-order valence-electron chi connectivity index (χ3n) is 3.25. The van der Waals surface area contributed by atoms with Crippen molar-refractivity contribution in [3.63, 3.8) is 0 Å². The summed E-state index contributed by atoms with van der Waals surface area (Å²) in [5, 5.41) is 9.70. The van der Waals surface area contributed by atoms with Gasteiger partial charge in [0, 0.05) is 26.7 Å². The highest BCUT2D eigenvalue weighted by molar-refractivity contribution is 7.18. The van der Waals surface area contributed by atoms with Crippen LogP contribution in [0.1, 0.15) is 28.9 Å². The van der Waals surface area contributed by atoms with Crippen molar-refractivity contribution in [2.24, 2.45) is 0 Å². The predicted octanol–water partition coefficient (Wildman–Crippen LogP) is 0.780. The summed E-state index contributed by atoms with van der Waals surface area (Å²) in [5.74, 6) is 0.118. The molecule has 0 radical (unpaired) electrons. The second-order valence-electron chi connectivity index (χ2n) is 4.71. The Labute approximate surface area is 116 Å². The van der Waals surface area contributed by atoms with Crippen molar-refractivity contribution in [2.75, 3.05) is 43.9 Å². The average Bonchev–Trinajstić information content (AvgIpc) is 2.81. The zero-order valence-electron chi connectivity index (χ0n) is 11.1. The Morgan fingerprint density at radius 2 is 2.16 bits per heavy atom. The van der Waals surface area contributed by atoms with E-state index in [1.54, 1.807) is 7.05 Å². The van der Waals surface area contributed by atoms with Crippen LogP contribution in [0.2, 0.25) is 0 Å². The summed E-state index contributed by atoms with van der Waals surface area (Å²) < 4.78 is 0. The minimum absolute atomic E-state index is 0.0556. The average molecular weight is 284 g/mol. The van der Waals surface area contributed by atoms with Crippen LogP contribution >= 0.6 is 11.3 Å². The van der Waals surface area contributed by atoms with Gasteiger partial charge in [-0.25, -0.2) is 4.98 Å². The number of carbonyl (C=O) groups excluding carboxylic acids is 1. The fraction of sp³-hybridized carbons (Fsp3) is 0.667. The lowest BCUT2D eigenvalue weighted by Gasteiger charge is -2.25. The van der Waals surface area contributed by atoms with E-state index >= 15 is 0 Å². The number of aliphatic hydroxyl groups excluding tert-OH is 1. The second-order valence-corrected chi connectivity index (χ2v) is 5.69. The van der Waals surface area contributed by atoms with Crippen LogP contribution in [0.3, 0.4) is 0 Å². The molecule has 1 aliphatic heterocycles. The van der Waals surface area contributed by atoms with Gasteiger partial charge in [0.25, 0.3) is 5.91 Å². The van der Waals surface area contributed by atoms with Crippen molar-refractivity contribution in [1.29, 1.82) is 0 Å². The van der Waals surface area contributed by atoms with Crippen LogP contribution in [-0.2, 0) is 0 Å². The van der Waals surface area contributed by atoms with Crippen LogP contribution in [-0.4, -0.2) is 54.2 Å². The number of nitrogens with two attached hydrogens (primary N) is 1. The van der Waals surface area contributed by atoms with Gasteiger partial charge in [0.05, 0.1) is 6.61 Å². The van der Waals surface area contributed by atoms with Gasteiger partial charge >= 0.3 is 0 Å². The zero-order valence-corrected chi connectivity index (χ0v) is 11.9. The monoisotopic (exact) mass is 284 g/mol. The van der Waals surface area contributed by atoms with E-state index in [0.717, 1.165) is 31.1 Å². The second kappa shape index (κ2) is 6.21. The Balaban J connectivity index is 2.13. The van der Waals surface area contributed by atoms with Crippen LogP contribution in [0.4, 0.5) is 10.9 Å². The maximum Gasteiger partial charge on any atom is 0.267 e. The minimum atomic E-state index is -0.174. The van der Waals surface area contributed by atoms with Crippen molar-refractivity contribution in [3.8, 4) is 0 Å². The summed E-state index contributed by atoms with van der Waals surface area (Å²) in [6.07, 6.45) is 3.57. The zero-order chi connectivity index (χ0) is 13.8. The molecule has 0 aromatic carbocycles. The van der Waals surface area contributed by atoms with Gasteiger partial charge in [-0.15, -0.1) is 0 Å². The Hall–Kier alpha value is -1.34. The van der Waals surface area contributed by atoms with Crippen molar-refractivity contribution < 1.29 is 9.90 Å². The first-order valence-electron chi connectivity index (χ1n) is 6.51. The van der Waals surface area contributed by atoms with Crippen LogP contribution in [0.25, 0.3) is 0 Å². The molecule has 1 aromatic heterocycles. The minimum Gasteiger partial charge on any atom is -0.395 e. The summed E-state index contributed by atoms with van der Waals surface area (Å²) in [5.41, 5.74) is 5.85. The number of hydrogen-bond acceptors (Lipinski definition) is 6. The number of rotatable bonds is 4. The van der Waals surface area contributed by atoms with Crippen molar-refractivity contribution >= 4 is 28.2 Å². The maximum absolute atomic E-state index is 12.1. The van der Waals surface area contributed by atoms with Crippen LogP contribution in [0.5, 0.6) is 0 Å². The number of thiazole rings is 1. The van der Waals surface area contributed by atoms with Gasteiger partial charge in [-0.1, -0.05) is 11.3 Å². The third kappa shape index (κ3) is 3.16. The molecule has 0 saturated carbocycles. The van der Waals surface area contributed by atoms with Gasteiger partial charge in [-0.05, 0) is 19.3 Å². The van der Waals surface area contributed by atoms with E-state index in [-0.39, 0.29) is 12.5 Å². The fourth-order valence-electron chi connectivity index (χ4n) is 2.12. The summed E-state index contributed by atoms with van der Waals surface area (Å²) in [6, 6.07) is 0. The number of aromatic nitrogens is 1. The molecule has 0 unspecified atom stereocenters. The third-order valence-corrected chi connectivity index (χ3v) is 4.36. The standard InChI is InChI=1S/C12H20N4O2S/c1-15(7-8-17)11(18)9-10(13)14-12(19-9)16-5-3-2-4-6-16/h17H,2-8,13H2,1H3. The molecule has 19 heavy (non-hydrogen) atoms. The molecule has 1 amide bonds. The quantitative estimate of drug-likeness (QED) is 0.854. The summed E-state index contributed by atoms with van der Waals surface area (Å²) >= 11 is 1.35. The lowest BCUT2D eigenvalue weighted by atomic mass is 10.1. The molecular weight excluding hydrogens is 264 g/mol. The van der Waals surface area contributed by atoms with Crippen LogP contribution < -0.4 is 10.6 Å². The molecule has 3 N–H and O–H groups in total. The largest absolute Gasteiger partial charge is 0.395 e. The first kappa shape index (κ1) is 14.1. The first-order valence-corrected chi connectivity index (χ1v) is 7.32. The summed E-state index contributed by atoms with van der Waals surface area (Å²) in [4.78, 5) is 20.6. The number of aliphatic hydroxyl groups is 1. The summed E-state index contributed by atoms with van der Waals surface area (Å²) in [7, 11) is 1.65. The molecule has 1 saturated heterocycles. The molecular formula is C12H20N4O2S. The molecule has 2 heterocycles. The molecule has 7 heteroatoms. The number of likely N-dealkylation sites (N-methyl/N-ethyl adjacent to an activating group) is 1. The molecule has 0 atom stereocenters. The Morgan fingerprint density at radius 3 is 2.79 bits per heavy atom. The number of carbonyl (C=O) groups is 1. The number of piperidine rings is 1. The van der Waals surface area contributed by atoms with E-state index in [0.29, 0.717) is 17.2 Å². The number of amides is 1. The number of hydrogen-bond donors (Lipinski definition) is 2. The van der Waals surface area contributed by atoms with E-state index in [2.05, 4.69) is 9.88 Å². The topological polar surface area (TPSA) is 82.7 Å². The molecule has 0 spiro atoms. The van der Waals surface area contributed by atoms with E-state index < -0.39 is 0 Å². The van der Waals surface area contributed by atoms with E-state index in [9.17, 15) is 4.79 Å². The molecule has 6 nitrogen and oxygen atoms in total. The molecule has 0 bridgehead atoms. The summed E-state index contributed by atoms with van der Waals surface area (Å²) in [6.45, 7) is 2.20. The highest BCUT2D eigenvalue weighted by Crippen LogP contribution is 2.30. The fourth-order valence-corrected chi connectivity index (χ4v) is 3.15. The van der Waals surface area contributed by atoms with E-state index in [1.807, 2.05) is 0 Å². The lowest BCUT2D eigenvalue weighted by molar-refractivity contribution is 0.0772. The maximum atomic E-state index is 12.1. The molecule has 1 aliphatic rings. The predicted molar refractivity (Wildman–Crippen MR) is 76.6 cm³/mol. The van der Waals surface area contributed by atoms with Crippen molar-refractivity contribution in [3.05, 3.63) is 4.88 Å². The van der Waals surface area contributed by atoms with Crippen LogP contribution in [0, 0.1) is 0 Å². The first-order chi connectivity index (χ1) is 9.13. The van der Waals surface area contributed by atoms with E-state index in [1.165, 1.54) is 22.7 Å². The molecule has 106 valence electrons. The number of nitrogen functional groups attached to an aromatic ring is 1. The molecule has 1 fully saturated rings. The van der Waals surface area contributed by atoms with Gasteiger partial charge in [-0.2, -0.15) is 0 Å². The smallest absolute Gasteiger partial charge is 0.267 e. The van der Waals surface area contributed by atoms with E-state index in [4.69, 9.17) is 10.8 Å². The normalized spacial score (nSPS) is 15.6.